The van der Waals surface area contributed by atoms with Crippen LogP contribution >= 0.6 is 11.6 Å². The Morgan fingerprint density at radius 3 is 2.37 bits per heavy atom. The summed E-state index contributed by atoms with van der Waals surface area (Å²) in [6, 6.07) is 7.89. The summed E-state index contributed by atoms with van der Waals surface area (Å²) in [7, 11) is 0. The third-order valence-electron chi connectivity index (χ3n) is 5.46. The first-order valence-corrected chi connectivity index (χ1v) is 10.00. The van der Waals surface area contributed by atoms with Gasteiger partial charge in [-0.05, 0) is 63.1 Å². The first-order chi connectivity index (χ1) is 12.6. The Morgan fingerprint density at radius 1 is 1.22 bits per heavy atom. The summed E-state index contributed by atoms with van der Waals surface area (Å²) in [4.78, 5) is 28.4. The number of carbonyl (C=O) groups is 2. The number of amides is 2. The monoisotopic (exact) mass is 392 g/mol. The van der Waals surface area contributed by atoms with E-state index < -0.39 is 5.60 Å². The standard InChI is InChI=1S/C21H29ClN2O3/c1-14(25)24(11-15-6-5-7-18(22)8-15)19-9-16-12-23(13-17(16)10-19)20(26)27-21(2,3)4/h5-8,16-17,19H,9-13H2,1-4H3/t16-,17+,19-. The molecule has 1 aromatic carbocycles. The first kappa shape index (κ1) is 20.0. The van der Waals surface area contributed by atoms with Crippen molar-refractivity contribution in [3.8, 4) is 0 Å². The van der Waals surface area contributed by atoms with E-state index in [0.29, 0.717) is 23.4 Å². The molecular weight excluding hydrogens is 364 g/mol. The number of rotatable bonds is 3. The Morgan fingerprint density at radius 2 is 1.85 bits per heavy atom. The lowest BCUT2D eigenvalue weighted by molar-refractivity contribution is -0.131. The third-order valence-corrected chi connectivity index (χ3v) is 5.70. The molecule has 5 nitrogen and oxygen atoms in total. The molecule has 1 saturated carbocycles. The maximum absolute atomic E-state index is 12.3. The Balaban J connectivity index is 1.61. The highest BCUT2D eigenvalue weighted by atomic mass is 35.5. The predicted molar refractivity (Wildman–Crippen MR) is 105 cm³/mol. The van der Waals surface area contributed by atoms with Crippen LogP contribution in [-0.4, -0.2) is 46.5 Å². The average molecular weight is 393 g/mol. The van der Waals surface area contributed by atoms with Crippen molar-refractivity contribution in [3.63, 3.8) is 0 Å². The lowest BCUT2D eigenvalue weighted by Crippen LogP contribution is -2.39. The molecule has 0 spiro atoms. The van der Waals surface area contributed by atoms with E-state index in [4.69, 9.17) is 16.3 Å². The predicted octanol–water partition coefficient (Wildman–Crippen LogP) is 4.33. The van der Waals surface area contributed by atoms with Crippen molar-refractivity contribution < 1.29 is 14.3 Å². The van der Waals surface area contributed by atoms with E-state index in [1.54, 1.807) is 6.92 Å². The zero-order valence-corrected chi connectivity index (χ0v) is 17.3. The summed E-state index contributed by atoms with van der Waals surface area (Å²) in [5.74, 6) is 0.955. The Bertz CT molecular complexity index is 702. The van der Waals surface area contributed by atoms with E-state index in [9.17, 15) is 9.59 Å². The molecule has 1 aliphatic heterocycles. The molecule has 1 aliphatic carbocycles. The van der Waals surface area contributed by atoms with Gasteiger partial charge in [0.05, 0.1) is 0 Å². The molecule has 1 saturated heterocycles. The average Bonchev–Trinajstić information content (AvgIpc) is 3.09. The van der Waals surface area contributed by atoms with Crippen molar-refractivity contribution in [1.29, 1.82) is 0 Å². The second-order valence-electron chi connectivity index (χ2n) is 8.81. The van der Waals surface area contributed by atoms with Crippen LogP contribution in [-0.2, 0) is 16.1 Å². The topological polar surface area (TPSA) is 49.9 Å². The fourth-order valence-electron chi connectivity index (χ4n) is 4.33. The Labute approximate surface area is 166 Å². The Hall–Kier alpha value is -1.75. The van der Waals surface area contributed by atoms with Crippen molar-refractivity contribution in [3.05, 3.63) is 34.9 Å². The van der Waals surface area contributed by atoms with Gasteiger partial charge in [-0.3, -0.25) is 4.79 Å². The van der Waals surface area contributed by atoms with Crippen LogP contribution in [0.4, 0.5) is 4.79 Å². The van der Waals surface area contributed by atoms with Crippen molar-refractivity contribution >= 4 is 23.6 Å². The second kappa shape index (κ2) is 7.70. The minimum atomic E-state index is -0.473. The van der Waals surface area contributed by atoms with E-state index in [0.717, 1.165) is 31.5 Å². The minimum absolute atomic E-state index is 0.0870. The molecular formula is C21H29ClN2O3. The maximum atomic E-state index is 12.3. The number of hydrogen-bond acceptors (Lipinski definition) is 3. The normalized spacial score (nSPS) is 24.6. The van der Waals surface area contributed by atoms with Crippen LogP contribution in [0.15, 0.2) is 24.3 Å². The van der Waals surface area contributed by atoms with Gasteiger partial charge >= 0.3 is 6.09 Å². The number of halogens is 1. The van der Waals surface area contributed by atoms with Gasteiger partial charge in [0.25, 0.3) is 0 Å². The minimum Gasteiger partial charge on any atom is -0.444 e. The van der Waals surface area contributed by atoms with Crippen LogP contribution in [0.5, 0.6) is 0 Å². The van der Waals surface area contributed by atoms with Crippen LogP contribution in [0.2, 0.25) is 5.02 Å². The van der Waals surface area contributed by atoms with Gasteiger partial charge in [0.15, 0.2) is 0 Å². The molecule has 1 heterocycles. The van der Waals surface area contributed by atoms with Gasteiger partial charge < -0.3 is 14.5 Å². The van der Waals surface area contributed by atoms with Crippen molar-refractivity contribution in [1.82, 2.24) is 9.80 Å². The summed E-state index contributed by atoms with van der Waals surface area (Å²) in [6.07, 6.45) is 1.64. The zero-order chi connectivity index (χ0) is 19.8. The SMILES string of the molecule is CC(=O)N(Cc1cccc(Cl)c1)[C@@H]1C[C@@H]2CN(C(=O)OC(C)(C)C)C[C@@H]2C1. The molecule has 1 aromatic rings. The van der Waals surface area contributed by atoms with Crippen LogP contribution in [0.25, 0.3) is 0 Å². The number of fused-ring (bicyclic) bond motifs is 1. The molecule has 0 aromatic heterocycles. The molecule has 2 fully saturated rings. The van der Waals surface area contributed by atoms with Crippen molar-refractivity contribution in [2.45, 2.75) is 58.7 Å². The zero-order valence-electron chi connectivity index (χ0n) is 16.6. The molecule has 148 valence electrons. The molecule has 6 heteroatoms. The molecule has 27 heavy (non-hydrogen) atoms. The molecule has 3 atom stereocenters. The lowest BCUT2D eigenvalue weighted by Gasteiger charge is -2.30. The van der Waals surface area contributed by atoms with Crippen molar-refractivity contribution in [2.24, 2.45) is 11.8 Å². The van der Waals surface area contributed by atoms with Crippen LogP contribution in [0, 0.1) is 11.8 Å². The number of carbonyl (C=O) groups excluding carboxylic acids is 2. The maximum Gasteiger partial charge on any atom is 0.410 e. The van der Waals surface area contributed by atoms with Gasteiger partial charge in [0.2, 0.25) is 5.91 Å². The van der Waals surface area contributed by atoms with Crippen molar-refractivity contribution in [2.75, 3.05) is 13.1 Å². The van der Waals surface area contributed by atoms with Gasteiger partial charge in [0.1, 0.15) is 5.60 Å². The van der Waals surface area contributed by atoms with E-state index in [1.165, 1.54) is 0 Å². The molecule has 2 aliphatic rings. The molecule has 0 unspecified atom stereocenters. The van der Waals surface area contributed by atoms with Crippen LogP contribution in [0.3, 0.4) is 0 Å². The number of nitrogens with zero attached hydrogens (tertiary/aromatic N) is 2. The molecule has 0 bridgehead atoms. The number of hydrogen-bond donors (Lipinski definition) is 0. The van der Waals surface area contributed by atoms with E-state index >= 15 is 0 Å². The summed E-state index contributed by atoms with van der Waals surface area (Å²) in [5, 5.41) is 0.687. The van der Waals surface area contributed by atoms with E-state index in [1.807, 2.05) is 54.8 Å². The van der Waals surface area contributed by atoms with Gasteiger partial charge in [-0.1, -0.05) is 23.7 Å². The van der Waals surface area contributed by atoms with Gasteiger partial charge in [0, 0.05) is 37.6 Å². The summed E-state index contributed by atoms with van der Waals surface area (Å²) < 4.78 is 5.50. The molecule has 0 N–H and O–H groups in total. The molecule has 3 rings (SSSR count). The quantitative estimate of drug-likeness (QED) is 0.769. The van der Waals surface area contributed by atoms with E-state index in [-0.39, 0.29) is 18.0 Å². The van der Waals surface area contributed by atoms with Gasteiger partial charge in [-0.25, -0.2) is 4.79 Å². The first-order valence-electron chi connectivity index (χ1n) is 9.62. The fourth-order valence-corrected chi connectivity index (χ4v) is 4.54. The van der Waals surface area contributed by atoms with Crippen LogP contribution < -0.4 is 0 Å². The number of ether oxygens (including phenoxy) is 1. The van der Waals surface area contributed by atoms with Gasteiger partial charge in [-0.15, -0.1) is 0 Å². The van der Waals surface area contributed by atoms with Crippen LogP contribution in [0.1, 0.15) is 46.1 Å². The highest BCUT2D eigenvalue weighted by molar-refractivity contribution is 6.30. The Kier molecular flexibility index (Phi) is 5.71. The highest BCUT2D eigenvalue weighted by Gasteiger charge is 2.45. The number of likely N-dealkylation sites (tertiary alicyclic amines) is 1. The second-order valence-corrected chi connectivity index (χ2v) is 9.24. The number of benzene rings is 1. The van der Waals surface area contributed by atoms with E-state index in [2.05, 4.69) is 0 Å². The molecule has 0 radical (unpaired) electrons. The summed E-state index contributed by atoms with van der Waals surface area (Å²) in [6.45, 7) is 9.31. The summed E-state index contributed by atoms with van der Waals surface area (Å²) in [5.41, 5.74) is 0.574. The summed E-state index contributed by atoms with van der Waals surface area (Å²) >= 11 is 6.08. The fraction of sp³-hybridized carbons (Fsp3) is 0.619. The molecule has 2 amide bonds. The largest absolute Gasteiger partial charge is 0.444 e. The lowest BCUT2D eigenvalue weighted by atomic mass is 10.0. The smallest absolute Gasteiger partial charge is 0.410 e. The third kappa shape index (κ3) is 4.95. The highest BCUT2D eigenvalue weighted by Crippen LogP contribution is 2.41. The van der Waals surface area contributed by atoms with Gasteiger partial charge in [-0.2, -0.15) is 0 Å².